The summed E-state index contributed by atoms with van der Waals surface area (Å²) in [6.07, 6.45) is 3.72. The highest BCUT2D eigenvalue weighted by Crippen LogP contribution is 2.54. The van der Waals surface area contributed by atoms with Gasteiger partial charge in [-0.05, 0) is 43.4 Å². The van der Waals surface area contributed by atoms with E-state index in [1.54, 1.807) is 5.06 Å². The molecule has 0 amide bonds. The zero-order valence-electron chi connectivity index (χ0n) is 16.5. The predicted octanol–water partition coefficient (Wildman–Crippen LogP) is 5.78. The van der Waals surface area contributed by atoms with Crippen LogP contribution in [-0.4, -0.2) is 28.3 Å². The van der Waals surface area contributed by atoms with Gasteiger partial charge in [-0.15, -0.1) is 0 Å². The molecule has 0 aliphatic carbocycles. The third-order valence-corrected chi connectivity index (χ3v) is 6.51. The Morgan fingerprint density at radius 3 is 1.93 bits per heavy atom. The minimum atomic E-state index is -3.50. The van der Waals surface area contributed by atoms with Gasteiger partial charge in [-0.3, -0.25) is 4.57 Å². The molecule has 1 atom stereocenters. The fraction of sp³-hybridized carbons (Fsp3) is 0.300. The van der Waals surface area contributed by atoms with Gasteiger partial charge < -0.3 is 13.6 Å². The fourth-order valence-electron chi connectivity index (χ4n) is 2.49. The number of nitrogens with zero attached hydrogens (tertiary/aromatic N) is 1. The van der Waals surface area contributed by atoms with E-state index in [4.69, 9.17) is 13.6 Å². The van der Waals surface area contributed by atoms with Gasteiger partial charge in [-0.2, -0.15) is 0 Å². The smallest absolute Gasteiger partial charge is 0.319 e. The predicted molar refractivity (Wildman–Crippen MR) is 114 cm³/mol. The third-order valence-electron chi connectivity index (χ3n) is 3.72. The van der Waals surface area contributed by atoms with Crippen molar-refractivity contribution < 1.29 is 18.1 Å². The molecule has 0 saturated carbocycles. The van der Waals surface area contributed by atoms with Gasteiger partial charge >= 0.3 is 7.60 Å². The molecule has 0 spiro atoms. The highest BCUT2D eigenvalue weighted by atomic mass is 31.2. The van der Waals surface area contributed by atoms with Crippen LogP contribution in [-0.2, 0) is 18.1 Å². The van der Waals surface area contributed by atoms with Crippen molar-refractivity contribution in [3.63, 3.8) is 0 Å². The Labute approximate surface area is 163 Å². The molecule has 0 fully saturated rings. The van der Waals surface area contributed by atoms with Crippen molar-refractivity contribution in [2.75, 3.05) is 19.3 Å². The summed E-state index contributed by atoms with van der Waals surface area (Å²) in [4.78, 5) is 0. The summed E-state index contributed by atoms with van der Waals surface area (Å²) in [5.41, 5.74) is 1.78. The Balaban J connectivity index is 2.52. The molecule has 1 unspecified atom stereocenters. The Bertz CT molecular complexity index is 770. The quantitative estimate of drug-likeness (QED) is 0.300. The van der Waals surface area contributed by atoms with Gasteiger partial charge in [0.2, 0.25) is 8.32 Å². The highest BCUT2D eigenvalue weighted by molar-refractivity contribution is 7.55. The third kappa shape index (κ3) is 6.16. The van der Waals surface area contributed by atoms with Crippen LogP contribution in [0.25, 0.3) is 6.08 Å². The van der Waals surface area contributed by atoms with Gasteiger partial charge in [0.1, 0.15) is 0 Å². The van der Waals surface area contributed by atoms with Gasteiger partial charge in [-0.1, -0.05) is 54.6 Å². The largest absolute Gasteiger partial charge is 0.358 e. The lowest BCUT2D eigenvalue weighted by atomic mass is 10.2. The molecule has 0 aliphatic rings. The Morgan fingerprint density at radius 1 is 0.926 bits per heavy atom. The lowest BCUT2D eigenvalue weighted by Gasteiger charge is -2.37. The molecule has 0 aliphatic heterocycles. The van der Waals surface area contributed by atoms with Crippen molar-refractivity contribution in [1.82, 2.24) is 0 Å². The normalized spacial score (nSPS) is 13.7. The second-order valence-electron chi connectivity index (χ2n) is 6.95. The standard InChI is InChI=1S/C20H28NO4PSi/c1-23-26(22,24-2)20(17-16-18-12-8-6-9-13-18)21(25-27(3,4)5)19-14-10-7-11-15-19/h6-17,20H,1-5H3/b17-16+. The topological polar surface area (TPSA) is 48.0 Å². The van der Waals surface area contributed by atoms with Crippen LogP contribution >= 0.6 is 7.60 Å². The van der Waals surface area contributed by atoms with E-state index in [1.165, 1.54) is 14.2 Å². The van der Waals surface area contributed by atoms with Gasteiger partial charge in [0, 0.05) is 14.2 Å². The average molecular weight is 406 g/mol. The minimum Gasteiger partial charge on any atom is -0.319 e. The molecule has 0 aromatic heterocycles. The number of hydroxylamine groups is 1. The molecule has 7 heteroatoms. The molecule has 27 heavy (non-hydrogen) atoms. The Hall–Kier alpha value is -1.69. The zero-order valence-corrected chi connectivity index (χ0v) is 18.4. The second-order valence-corrected chi connectivity index (χ2v) is 13.7. The number of rotatable bonds is 9. The molecular weight excluding hydrogens is 377 g/mol. The van der Waals surface area contributed by atoms with Crippen molar-refractivity contribution in [1.29, 1.82) is 0 Å². The monoisotopic (exact) mass is 405 g/mol. The molecule has 2 aromatic carbocycles. The molecule has 0 saturated heterocycles. The summed E-state index contributed by atoms with van der Waals surface area (Å²) >= 11 is 0. The first-order valence-corrected chi connectivity index (χ1v) is 13.8. The molecule has 0 N–H and O–H groups in total. The summed E-state index contributed by atoms with van der Waals surface area (Å²) in [5, 5.41) is 1.67. The summed E-state index contributed by atoms with van der Waals surface area (Å²) in [6.45, 7) is 6.22. The van der Waals surface area contributed by atoms with Crippen LogP contribution < -0.4 is 5.06 Å². The van der Waals surface area contributed by atoms with E-state index in [2.05, 4.69) is 19.6 Å². The van der Waals surface area contributed by atoms with Gasteiger partial charge in [-0.25, -0.2) is 5.06 Å². The maximum Gasteiger partial charge on any atom is 0.358 e. The highest BCUT2D eigenvalue weighted by Gasteiger charge is 2.40. The molecular formula is C20H28NO4PSi. The summed E-state index contributed by atoms with van der Waals surface area (Å²) in [6, 6.07) is 19.4. The number of para-hydroxylation sites is 1. The van der Waals surface area contributed by atoms with E-state index in [0.717, 1.165) is 11.3 Å². The zero-order chi connectivity index (χ0) is 19.9. The van der Waals surface area contributed by atoms with E-state index in [0.29, 0.717) is 0 Å². The molecule has 0 radical (unpaired) electrons. The summed E-state index contributed by atoms with van der Waals surface area (Å²) < 4.78 is 30.3. The number of anilines is 1. The molecule has 5 nitrogen and oxygen atoms in total. The molecule has 146 valence electrons. The van der Waals surface area contributed by atoms with Crippen molar-refractivity contribution >= 4 is 27.7 Å². The summed E-state index contributed by atoms with van der Waals surface area (Å²) in [5.74, 6) is -0.734. The van der Waals surface area contributed by atoms with Gasteiger partial charge in [0.15, 0.2) is 5.78 Å². The first-order chi connectivity index (χ1) is 12.8. The Kier molecular flexibility index (Phi) is 7.59. The van der Waals surface area contributed by atoms with Crippen LogP contribution in [0, 0.1) is 0 Å². The van der Waals surface area contributed by atoms with E-state index in [-0.39, 0.29) is 0 Å². The van der Waals surface area contributed by atoms with Crippen LogP contribution in [0.15, 0.2) is 66.7 Å². The van der Waals surface area contributed by atoms with E-state index in [9.17, 15) is 4.57 Å². The number of hydrogen-bond acceptors (Lipinski definition) is 5. The van der Waals surface area contributed by atoms with Crippen LogP contribution in [0.5, 0.6) is 0 Å². The average Bonchev–Trinajstić information content (AvgIpc) is 2.67. The van der Waals surface area contributed by atoms with E-state index in [1.807, 2.05) is 72.8 Å². The molecule has 0 heterocycles. The minimum absolute atomic E-state index is 0.734. The number of benzene rings is 2. The van der Waals surface area contributed by atoms with Crippen LogP contribution in [0.4, 0.5) is 5.69 Å². The lowest BCUT2D eigenvalue weighted by Crippen LogP contribution is -2.43. The molecule has 0 bridgehead atoms. The maximum atomic E-state index is 13.4. The Morgan fingerprint density at radius 2 is 1.44 bits per heavy atom. The van der Waals surface area contributed by atoms with Crippen LogP contribution in [0.2, 0.25) is 19.6 Å². The SMILES string of the molecule is COP(=O)(OC)C(/C=C/c1ccccc1)N(O[Si](C)(C)C)c1ccccc1. The number of hydrogen-bond donors (Lipinski definition) is 0. The molecule has 2 rings (SSSR count). The molecule has 2 aromatic rings. The van der Waals surface area contributed by atoms with E-state index >= 15 is 0 Å². The van der Waals surface area contributed by atoms with Crippen molar-refractivity contribution in [2.24, 2.45) is 0 Å². The van der Waals surface area contributed by atoms with Crippen LogP contribution in [0.3, 0.4) is 0 Å². The van der Waals surface area contributed by atoms with Gasteiger partial charge in [0.05, 0.1) is 5.69 Å². The van der Waals surface area contributed by atoms with Crippen molar-refractivity contribution in [2.45, 2.75) is 25.4 Å². The van der Waals surface area contributed by atoms with Crippen LogP contribution in [0.1, 0.15) is 5.56 Å². The van der Waals surface area contributed by atoms with E-state index < -0.39 is 21.7 Å². The summed E-state index contributed by atoms with van der Waals surface area (Å²) in [7, 11) is -2.73. The van der Waals surface area contributed by atoms with Crippen molar-refractivity contribution in [3.8, 4) is 0 Å². The first kappa shape index (κ1) is 21.6. The lowest BCUT2D eigenvalue weighted by molar-refractivity contribution is 0.227. The second kappa shape index (κ2) is 9.49. The first-order valence-electron chi connectivity index (χ1n) is 8.77. The fourth-order valence-corrected chi connectivity index (χ4v) is 4.71. The maximum absolute atomic E-state index is 13.4. The van der Waals surface area contributed by atoms with Gasteiger partial charge in [0.25, 0.3) is 0 Å². The van der Waals surface area contributed by atoms with Crippen molar-refractivity contribution in [3.05, 3.63) is 72.3 Å².